The van der Waals surface area contributed by atoms with E-state index in [1.807, 2.05) is 11.3 Å². The molecular weight excluding hydrogens is 246 g/mol. The zero-order valence-corrected chi connectivity index (χ0v) is 11.2. The van der Waals surface area contributed by atoms with Crippen LogP contribution in [0, 0.1) is 0 Å². The summed E-state index contributed by atoms with van der Waals surface area (Å²) in [7, 11) is 3.17. The van der Waals surface area contributed by atoms with Gasteiger partial charge in [0, 0.05) is 21.2 Å². The Morgan fingerprint density at radius 3 is 1.78 bits per heavy atom. The first-order chi connectivity index (χ1) is 8.72. The Bertz CT molecular complexity index is 561. The number of methoxy groups -OCH3 is 2. The van der Waals surface area contributed by atoms with Gasteiger partial charge in [0.1, 0.15) is 0 Å². The largest absolute Gasteiger partial charge is 0.493 e. The average Bonchev–Trinajstić information content (AvgIpc) is 3.04. The van der Waals surface area contributed by atoms with Gasteiger partial charge in [0.25, 0.3) is 0 Å². The van der Waals surface area contributed by atoms with Gasteiger partial charge >= 0.3 is 0 Å². The fourth-order valence-electron chi connectivity index (χ4n) is 1.56. The van der Waals surface area contributed by atoms with Crippen molar-refractivity contribution in [2.75, 3.05) is 20.0 Å². The molecule has 0 aliphatic carbocycles. The number of ether oxygens (including phenoxy) is 2. The minimum absolute atomic E-state index is 0.660. The van der Waals surface area contributed by atoms with Crippen molar-refractivity contribution in [1.29, 1.82) is 0 Å². The van der Waals surface area contributed by atoms with E-state index in [9.17, 15) is 0 Å². The summed E-state index contributed by atoms with van der Waals surface area (Å²) in [5.74, 6) is 1.36. The molecule has 1 aromatic carbocycles. The topological polar surface area (TPSA) is 44.5 Å². The Kier molecular flexibility index (Phi) is 3.89. The van der Waals surface area contributed by atoms with E-state index in [2.05, 4.69) is 24.3 Å². The number of rotatable bonds is 2. The molecule has 0 aliphatic rings. The van der Waals surface area contributed by atoms with E-state index in [0.29, 0.717) is 17.2 Å². The molecule has 2 aromatic heterocycles. The third kappa shape index (κ3) is 2.84. The predicted octanol–water partition coefficient (Wildman–Crippen LogP) is 3.63. The lowest BCUT2D eigenvalue weighted by atomic mass is 10.3. The molecule has 18 heavy (non-hydrogen) atoms. The highest BCUT2D eigenvalue weighted by Gasteiger charge is 2.01. The summed E-state index contributed by atoms with van der Waals surface area (Å²) >= 11 is 1.84. The number of nitrogen functional groups attached to an aromatic ring is 1. The summed E-state index contributed by atoms with van der Waals surface area (Å²) in [4.78, 5) is 0. The fourth-order valence-corrected chi connectivity index (χ4v) is 2.38. The maximum atomic E-state index is 5.52. The van der Waals surface area contributed by atoms with Crippen LogP contribution in [-0.2, 0) is 0 Å². The van der Waals surface area contributed by atoms with Crippen molar-refractivity contribution in [3.63, 3.8) is 0 Å². The van der Waals surface area contributed by atoms with Gasteiger partial charge in [-0.05, 0) is 36.4 Å². The lowest BCUT2D eigenvalue weighted by molar-refractivity contribution is 0.355. The zero-order valence-electron chi connectivity index (χ0n) is 10.3. The molecule has 2 bridgehead atoms. The van der Waals surface area contributed by atoms with E-state index in [0.717, 1.165) is 0 Å². The van der Waals surface area contributed by atoms with Crippen LogP contribution in [0.25, 0.3) is 9.40 Å². The lowest BCUT2D eigenvalue weighted by Gasteiger charge is -2.06. The SMILES string of the molecule is COc1ccc(N)cc1OC.c1cc2ccc1s2. The number of fused-ring (bicyclic) bond motifs is 2. The Balaban J connectivity index is 0.000000146. The number of benzene rings is 2. The van der Waals surface area contributed by atoms with Gasteiger partial charge < -0.3 is 15.2 Å². The molecule has 0 amide bonds. The smallest absolute Gasteiger partial charge is 0.162 e. The summed E-state index contributed by atoms with van der Waals surface area (Å²) in [6, 6.07) is 13.8. The Labute approximate surface area is 110 Å². The van der Waals surface area contributed by atoms with Gasteiger partial charge in [0.2, 0.25) is 0 Å². The van der Waals surface area contributed by atoms with Gasteiger partial charge in [-0.2, -0.15) is 0 Å². The maximum absolute atomic E-state index is 5.52. The molecule has 4 heteroatoms. The van der Waals surface area contributed by atoms with Crippen LogP contribution in [0.2, 0.25) is 0 Å². The van der Waals surface area contributed by atoms with Gasteiger partial charge in [-0.25, -0.2) is 0 Å². The standard InChI is InChI=1S/C8H11NO2.C6H4S/c1-10-7-4-3-6(9)5-8(7)11-2;1-2-6-4-3-5(1)7-6/h3-5H,9H2,1-2H3;1-4H. The molecule has 0 saturated carbocycles. The van der Waals surface area contributed by atoms with Crippen LogP contribution in [0.4, 0.5) is 5.69 Å². The molecule has 3 nitrogen and oxygen atoms in total. The van der Waals surface area contributed by atoms with Crippen molar-refractivity contribution in [3.05, 3.63) is 42.5 Å². The van der Waals surface area contributed by atoms with Crippen LogP contribution in [0.1, 0.15) is 0 Å². The van der Waals surface area contributed by atoms with Crippen LogP contribution in [0.5, 0.6) is 11.5 Å². The van der Waals surface area contributed by atoms with Crippen molar-refractivity contribution in [2.24, 2.45) is 0 Å². The monoisotopic (exact) mass is 261 g/mol. The third-order valence-corrected chi connectivity index (χ3v) is 3.48. The van der Waals surface area contributed by atoms with Crippen molar-refractivity contribution >= 4 is 26.4 Å². The molecule has 2 heterocycles. The average molecular weight is 261 g/mol. The van der Waals surface area contributed by atoms with Crippen LogP contribution in [-0.4, -0.2) is 14.2 Å². The molecule has 2 N–H and O–H groups in total. The quantitative estimate of drug-likeness (QED) is 0.716. The number of nitrogens with two attached hydrogens (primary N) is 1. The second kappa shape index (κ2) is 5.60. The molecule has 0 atom stereocenters. The summed E-state index contributed by atoms with van der Waals surface area (Å²) in [6.07, 6.45) is 0. The Hall–Kier alpha value is -1.94. The van der Waals surface area contributed by atoms with Crippen molar-refractivity contribution < 1.29 is 9.47 Å². The van der Waals surface area contributed by atoms with E-state index in [4.69, 9.17) is 15.2 Å². The Morgan fingerprint density at radius 2 is 1.39 bits per heavy atom. The van der Waals surface area contributed by atoms with Crippen LogP contribution >= 0.6 is 11.3 Å². The fraction of sp³-hybridized carbons (Fsp3) is 0.143. The first-order valence-electron chi connectivity index (χ1n) is 5.48. The second-order valence-electron chi connectivity index (χ2n) is 3.69. The van der Waals surface area contributed by atoms with E-state index >= 15 is 0 Å². The predicted molar refractivity (Wildman–Crippen MR) is 77.0 cm³/mol. The number of anilines is 1. The first-order valence-corrected chi connectivity index (χ1v) is 6.30. The summed E-state index contributed by atoms with van der Waals surface area (Å²) in [5.41, 5.74) is 6.19. The van der Waals surface area contributed by atoms with Crippen LogP contribution in [0.15, 0.2) is 42.5 Å². The van der Waals surface area contributed by atoms with Gasteiger partial charge in [0.15, 0.2) is 11.5 Å². The van der Waals surface area contributed by atoms with Gasteiger partial charge in [-0.1, -0.05) is 0 Å². The van der Waals surface area contributed by atoms with E-state index in [-0.39, 0.29) is 0 Å². The molecule has 0 radical (unpaired) electrons. The summed E-state index contributed by atoms with van der Waals surface area (Å²) < 4.78 is 12.8. The lowest BCUT2D eigenvalue weighted by Crippen LogP contribution is -1.92. The molecule has 0 fully saturated rings. The van der Waals surface area contributed by atoms with Crippen molar-refractivity contribution in [1.82, 2.24) is 0 Å². The van der Waals surface area contributed by atoms with E-state index < -0.39 is 0 Å². The van der Waals surface area contributed by atoms with Crippen molar-refractivity contribution in [2.45, 2.75) is 0 Å². The molecule has 0 saturated heterocycles. The molecule has 94 valence electrons. The maximum Gasteiger partial charge on any atom is 0.162 e. The highest BCUT2D eigenvalue weighted by molar-refractivity contribution is 7.24. The Morgan fingerprint density at radius 1 is 0.833 bits per heavy atom. The number of hydrogen-bond acceptors (Lipinski definition) is 4. The van der Waals surface area contributed by atoms with Crippen molar-refractivity contribution in [3.8, 4) is 11.5 Å². The van der Waals surface area contributed by atoms with Crippen LogP contribution in [0.3, 0.4) is 0 Å². The molecular formula is C14H15NO2S. The highest BCUT2D eigenvalue weighted by atomic mass is 32.1. The number of thiophene rings is 2. The molecule has 3 aromatic rings. The van der Waals surface area contributed by atoms with Gasteiger partial charge in [-0.15, -0.1) is 11.3 Å². The first kappa shape index (κ1) is 12.5. The van der Waals surface area contributed by atoms with E-state index in [1.54, 1.807) is 32.4 Å². The normalized spacial score (nSPS) is 9.89. The number of hydrogen-bond donors (Lipinski definition) is 1. The molecule has 3 rings (SSSR count). The minimum atomic E-state index is 0.660. The minimum Gasteiger partial charge on any atom is -0.493 e. The molecule has 0 aliphatic heterocycles. The van der Waals surface area contributed by atoms with Crippen LogP contribution < -0.4 is 15.2 Å². The molecule has 0 unspecified atom stereocenters. The third-order valence-electron chi connectivity index (χ3n) is 2.47. The second-order valence-corrected chi connectivity index (χ2v) is 4.83. The van der Waals surface area contributed by atoms with Gasteiger partial charge in [-0.3, -0.25) is 0 Å². The summed E-state index contributed by atoms with van der Waals surface area (Å²) in [6.45, 7) is 0. The van der Waals surface area contributed by atoms with Gasteiger partial charge in [0.05, 0.1) is 14.2 Å². The molecule has 0 spiro atoms. The van der Waals surface area contributed by atoms with E-state index in [1.165, 1.54) is 9.40 Å². The summed E-state index contributed by atoms with van der Waals surface area (Å²) in [5, 5.41) is 0. The zero-order chi connectivity index (χ0) is 13.0. The highest BCUT2D eigenvalue weighted by Crippen LogP contribution is 2.28.